The average Bonchev–Trinajstić information content (AvgIpc) is 3.09. The average molecular weight is 378 g/mol. The number of ether oxygens (including phenoxy) is 1. The van der Waals surface area contributed by atoms with Gasteiger partial charge in [0.15, 0.2) is 0 Å². The number of aryl methyl sites for hydroxylation is 2. The first-order valence-corrected chi connectivity index (χ1v) is 10.1. The Hall–Kier alpha value is -2.75. The molecule has 0 unspecified atom stereocenters. The summed E-state index contributed by atoms with van der Waals surface area (Å²) in [7, 11) is 1.71. The van der Waals surface area contributed by atoms with E-state index >= 15 is 0 Å². The van der Waals surface area contributed by atoms with E-state index < -0.39 is 0 Å². The molecule has 0 fully saturated rings. The van der Waals surface area contributed by atoms with Crippen LogP contribution in [0.4, 0.5) is 0 Å². The highest BCUT2D eigenvalue weighted by Crippen LogP contribution is 2.28. The van der Waals surface area contributed by atoms with Gasteiger partial charge in [0.2, 0.25) is 0 Å². The molecule has 148 valence electrons. The van der Waals surface area contributed by atoms with Crippen LogP contribution < -0.4 is 4.74 Å². The van der Waals surface area contributed by atoms with E-state index in [1.807, 2.05) is 6.07 Å². The van der Waals surface area contributed by atoms with Gasteiger partial charge in [-0.05, 0) is 69.0 Å². The second-order valence-corrected chi connectivity index (χ2v) is 7.16. The maximum atomic E-state index is 5.43. The Bertz CT molecular complexity index is 905. The Morgan fingerprint density at radius 2 is 2.11 bits per heavy atom. The number of rotatable bonds is 7. The van der Waals surface area contributed by atoms with Crippen LogP contribution in [-0.4, -0.2) is 34.9 Å². The normalized spacial score (nSPS) is 16.4. The van der Waals surface area contributed by atoms with Crippen molar-refractivity contribution in [3.05, 3.63) is 71.6 Å². The molecule has 0 aliphatic carbocycles. The van der Waals surface area contributed by atoms with Gasteiger partial charge >= 0.3 is 0 Å². The molecule has 0 N–H and O–H groups in total. The predicted octanol–water partition coefficient (Wildman–Crippen LogP) is 5.29. The number of allylic oxidation sites excluding steroid dienone is 3. The summed E-state index contributed by atoms with van der Waals surface area (Å²) in [5.74, 6) is 0.902. The van der Waals surface area contributed by atoms with Gasteiger partial charge in [0.05, 0.1) is 18.5 Å². The predicted molar refractivity (Wildman–Crippen MR) is 117 cm³/mol. The highest BCUT2D eigenvalue weighted by molar-refractivity contribution is 5.70. The molecule has 0 spiro atoms. The molecule has 1 aromatic heterocycles. The molecule has 2 aromatic rings. The van der Waals surface area contributed by atoms with E-state index in [0.717, 1.165) is 66.3 Å². The van der Waals surface area contributed by atoms with E-state index in [0.29, 0.717) is 0 Å². The summed E-state index contributed by atoms with van der Waals surface area (Å²) >= 11 is 0. The van der Waals surface area contributed by atoms with E-state index in [1.54, 1.807) is 7.11 Å². The lowest BCUT2D eigenvalue weighted by molar-refractivity contribution is 0.411. The van der Waals surface area contributed by atoms with Crippen LogP contribution in [0, 0.1) is 6.92 Å². The van der Waals surface area contributed by atoms with Crippen molar-refractivity contribution < 1.29 is 4.74 Å². The van der Waals surface area contributed by atoms with E-state index in [4.69, 9.17) is 9.84 Å². The van der Waals surface area contributed by atoms with Crippen molar-refractivity contribution in [1.82, 2.24) is 14.7 Å². The Morgan fingerprint density at radius 3 is 2.79 bits per heavy atom. The van der Waals surface area contributed by atoms with Gasteiger partial charge in [-0.3, -0.25) is 0 Å². The van der Waals surface area contributed by atoms with Crippen LogP contribution in [0.2, 0.25) is 0 Å². The molecular formula is C24H31N3O. The fraction of sp³-hybridized carbons (Fsp3) is 0.375. The van der Waals surface area contributed by atoms with Crippen LogP contribution in [0.3, 0.4) is 0 Å². The summed E-state index contributed by atoms with van der Waals surface area (Å²) in [6.07, 6.45) is 9.56. The summed E-state index contributed by atoms with van der Waals surface area (Å²) in [6.45, 7) is 12.7. The standard InChI is InChI=1S/C24H31N3O/c1-6-15-26(7-2)19(4)22-17-21-11-9-8-10-12-23(27(21)25-22)20-13-14-24(28-5)18(3)16-20/h8,10,12-14,16-17H,4,6-7,9,11,15H2,1-3,5H3/b10-8-,23-12-. The molecule has 1 aromatic carbocycles. The molecule has 0 amide bonds. The summed E-state index contributed by atoms with van der Waals surface area (Å²) in [5.41, 5.74) is 6.50. The highest BCUT2D eigenvalue weighted by atomic mass is 16.5. The van der Waals surface area contributed by atoms with Crippen LogP contribution in [-0.2, 0) is 6.42 Å². The van der Waals surface area contributed by atoms with Gasteiger partial charge in [0, 0.05) is 24.3 Å². The van der Waals surface area contributed by atoms with E-state index in [-0.39, 0.29) is 0 Å². The van der Waals surface area contributed by atoms with Crippen LogP contribution in [0.25, 0.3) is 11.4 Å². The van der Waals surface area contributed by atoms with Crippen molar-refractivity contribution in [2.24, 2.45) is 0 Å². The molecule has 0 saturated carbocycles. The summed E-state index contributed by atoms with van der Waals surface area (Å²) in [6, 6.07) is 8.49. The quantitative estimate of drug-likeness (QED) is 0.656. The van der Waals surface area contributed by atoms with Crippen LogP contribution >= 0.6 is 0 Å². The van der Waals surface area contributed by atoms with Crippen LogP contribution in [0.15, 0.2) is 49.1 Å². The van der Waals surface area contributed by atoms with Crippen LogP contribution in [0.5, 0.6) is 5.75 Å². The fourth-order valence-corrected chi connectivity index (χ4v) is 3.68. The zero-order valence-electron chi connectivity index (χ0n) is 17.5. The first-order valence-electron chi connectivity index (χ1n) is 10.1. The number of aromatic nitrogens is 2. The third-order valence-electron chi connectivity index (χ3n) is 5.21. The van der Waals surface area contributed by atoms with Gasteiger partial charge in [-0.2, -0.15) is 5.10 Å². The van der Waals surface area contributed by atoms with Gasteiger partial charge in [-0.25, -0.2) is 4.68 Å². The first-order chi connectivity index (χ1) is 13.6. The fourth-order valence-electron chi connectivity index (χ4n) is 3.68. The van der Waals surface area contributed by atoms with Crippen molar-refractivity contribution in [3.63, 3.8) is 0 Å². The van der Waals surface area contributed by atoms with E-state index in [1.165, 1.54) is 5.69 Å². The Balaban J connectivity index is 2.03. The number of benzene rings is 1. The van der Waals surface area contributed by atoms with Gasteiger partial charge in [-0.1, -0.05) is 25.7 Å². The molecule has 4 heteroatoms. The molecule has 4 nitrogen and oxygen atoms in total. The van der Waals surface area contributed by atoms with E-state index in [9.17, 15) is 0 Å². The summed E-state index contributed by atoms with van der Waals surface area (Å²) < 4.78 is 7.51. The second-order valence-electron chi connectivity index (χ2n) is 7.16. The molecule has 3 rings (SSSR count). The molecule has 0 atom stereocenters. The number of hydrogen-bond acceptors (Lipinski definition) is 3. The zero-order chi connectivity index (χ0) is 20.1. The number of nitrogens with zero attached hydrogens (tertiary/aromatic N) is 3. The highest BCUT2D eigenvalue weighted by Gasteiger charge is 2.18. The van der Waals surface area contributed by atoms with Gasteiger partial charge < -0.3 is 9.64 Å². The largest absolute Gasteiger partial charge is 0.496 e. The molecular weight excluding hydrogens is 346 g/mol. The zero-order valence-corrected chi connectivity index (χ0v) is 17.5. The second kappa shape index (κ2) is 8.96. The molecule has 0 bridgehead atoms. The van der Waals surface area contributed by atoms with Crippen molar-refractivity contribution in [3.8, 4) is 5.75 Å². The summed E-state index contributed by atoms with van der Waals surface area (Å²) in [5, 5.41) is 4.98. The number of fused-ring (bicyclic) bond motifs is 1. The Kier molecular flexibility index (Phi) is 6.40. The molecule has 0 saturated heterocycles. The minimum absolute atomic E-state index is 0.902. The van der Waals surface area contributed by atoms with Crippen molar-refractivity contribution in [2.45, 2.75) is 40.0 Å². The monoisotopic (exact) mass is 377 g/mol. The maximum absolute atomic E-state index is 5.43. The lowest BCUT2D eigenvalue weighted by Gasteiger charge is -2.23. The van der Waals surface area contributed by atoms with E-state index in [2.05, 4.69) is 73.4 Å². The summed E-state index contributed by atoms with van der Waals surface area (Å²) in [4.78, 5) is 2.30. The number of hydrogen-bond donors (Lipinski definition) is 0. The van der Waals surface area contributed by atoms with Gasteiger partial charge in [0.25, 0.3) is 0 Å². The van der Waals surface area contributed by atoms with Crippen molar-refractivity contribution in [2.75, 3.05) is 20.2 Å². The Labute approximate surface area is 168 Å². The first kappa shape index (κ1) is 20.0. The topological polar surface area (TPSA) is 30.3 Å². The lowest BCUT2D eigenvalue weighted by atomic mass is 10.1. The third-order valence-corrected chi connectivity index (χ3v) is 5.21. The minimum atomic E-state index is 0.902. The van der Waals surface area contributed by atoms with Gasteiger partial charge in [-0.15, -0.1) is 0 Å². The minimum Gasteiger partial charge on any atom is -0.496 e. The van der Waals surface area contributed by atoms with Crippen LogP contribution in [0.1, 0.15) is 49.2 Å². The Morgan fingerprint density at radius 1 is 1.29 bits per heavy atom. The van der Waals surface area contributed by atoms with Gasteiger partial charge in [0.1, 0.15) is 11.4 Å². The third kappa shape index (κ3) is 4.06. The smallest absolute Gasteiger partial charge is 0.121 e. The SMILES string of the molecule is C=C(c1cc2n(n1)/C(c1ccc(OC)c(C)c1)=C\C=C/CC2)N(CC)CCC. The van der Waals surface area contributed by atoms with Crippen molar-refractivity contribution >= 4 is 11.4 Å². The molecule has 0 radical (unpaired) electrons. The molecule has 28 heavy (non-hydrogen) atoms. The number of methoxy groups -OCH3 is 1. The van der Waals surface area contributed by atoms with Crippen molar-refractivity contribution in [1.29, 1.82) is 0 Å². The lowest BCUT2D eigenvalue weighted by Crippen LogP contribution is -2.22. The maximum Gasteiger partial charge on any atom is 0.121 e. The molecule has 2 heterocycles. The molecule has 1 aliphatic rings. The molecule has 1 aliphatic heterocycles.